The van der Waals surface area contributed by atoms with E-state index in [0.29, 0.717) is 23.1 Å². The summed E-state index contributed by atoms with van der Waals surface area (Å²) in [6, 6.07) is 15.3. The van der Waals surface area contributed by atoms with E-state index in [0.717, 1.165) is 48.1 Å². The Kier molecular flexibility index (Phi) is 7.28. The molecule has 0 spiro atoms. The zero-order chi connectivity index (χ0) is 25.9. The molecule has 5 rings (SSSR count). The predicted octanol–water partition coefficient (Wildman–Crippen LogP) is 5.05. The highest BCUT2D eigenvalue weighted by molar-refractivity contribution is 7.80. The van der Waals surface area contributed by atoms with Crippen LogP contribution in [0, 0.1) is 0 Å². The van der Waals surface area contributed by atoms with Crippen LogP contribution in [-0.4, -0.2) is 58.0 Å². The highest BCUT2D eigenvalue weighted by Crippen LogP contribution is 2.31. The molecule has 0 bridgehead atoms. The van der Waals surface area contributed by atoms with Gasteiger partial charge in [0.05, 0.1) is 12.3 Å². The van der Waals surface area contributed by atoms with Gasteiger partial charge in [0.2, 0.25) is 5.91 Å². The quantitative estimate of drug-likeness (QED) is 0.339. The van der Waals surface area contributed by atoms with Crippen LogP contribution in [0.3, 0.4) is 0 Å². The van der Waals surface area contributed by atoms with Crippen molar-refractivity contribution in [2.24, 2.45) is 0 Å². The molecule has 3 heterocycles. The van der Waals surface area contributed by atoms with Crippen molar-refractivity contribution in [1.82, 2.24) is 14.4 Å². The second-order valence-electron chi connectivity index (χ2n) is 9.46. The van der Waals surface area contributed by atoms with Gasteiger partial charge in [-0.2, -0.15) is 0 Å². The highest BCUT2D eigenvalue weighted by atomic mass is 32.1. The van der Waals surface area contributed by atoms with Crippen LogP contribution < -0.4 is 9.64 Å². The summed E-state index contributed by atoms with van der Waals surface area (Å²) >= 11 is 5.64. The van der Waals surface area contributed by atoms with Gasteiger partial charge in [-0.25, -0.2) is 0 Å². The Labute approximate surface area is 222 Å². The van der Waals surface area contributed by atoms with Gasteiger partial charge < -0.3 is 19.1 Å². The third-order valence-corrected chi connectivity index (χ3v) is 7.50. The molecule has 1 aromatic heterocycles. The second kappa shape index (κ2) is 10.8. The first-order valence-electron chi connectivity index (χ1n) is 12.9. The number of carbonyl (C=O) groups is 2. The molecule has 0 aliphatic carbocycles. The molecule has 0 N–H and O–H groups in total. The molecular formula is C29H32N4O3S. The summed E-state index contributed by atoms with van der Waals surface area (Å²) in [4.78, 5) is 31.9. The van der Waals surface area contributed by atoms with Crippen LogP contribution in [0.1, 0.15) is 38.2 Å². The number of thiocarbonyl (C=S) groups is 1. The first kappa shape index (κ1) is 25.0. The molecule has 37 heavy (non-hydrogen) atoms. The summed E-state index contributed by atoms with van der Waals surface area (Å²) in [5.74, 6) is 0.698. The lowest BCUT2D eigenvalue weighted by Gasteiger charge is -2.20. The minimum Gasteiger partial charge on any atom is -0.494 e. The van der Waals surface area contributed by atoms with Gasteiger partial charge in [0.1, 0.15) is 18.0 Å². The molecule has 2 aliphatic heterocycles. The maximum Gasteiger partial charge on any atom is 0.281 e. The Bertz CT molecular complexity index is 1350. The summed E-state index contributed by atoms with van der Waals surface area (Å²) in [6.45, 7) is 4.44. The lowest BCUT2D eigenvalue weighted by Crippen LogP contribution is -2.34. The molecule has 2 saturated heterocycles. The SMILES string of the molecule is CCOc1ccc(N2C(=O)/C(=C/c3cn(CC(=O)N4CCCCCC4)c4ccccc34)N(C)C2=S)cc1. The van der Waals surface area contributed by atoms with E-state index in [1.165, 1.54) is 12.8 Å². The van der Waals surface area contributed by atoms with Crippen molar-refractivity contribution in [2.75, 3.05) is 31.6 Å². The van der Waals surface area contributed by atoms with Gasteiger partial charge in [-0.15, -0.1) is 0 Å². The number of anilines is 1. The van der Waals surface area contributed by atoms with Crippen LogP contribution in [0.2, 0.25) is 0 Å². The third kappa shape index (κ3) is 4.98. The van der Waals surface area contributed by atoms with Gasteiger partial charge in [-0.3, -0.25) is 14.5 Å². The Morgan fingerprint density at radius 1 is 1.03 bits per heavy atom. The smallest absolute Gasteiger partial charge is 0.281 e. The standard InChI is InChI=1S/C29H32N4O3S/c1-3-36-23-14-12-22(13-15-23)33-28(35)26(30(2)29(33)37)18-21-19-32(25-11-7-6-10-24(21)25)20-27(34)31-16-8-4-5-9-17-31/h6-7,10-15,18-19H,3-5,8-9,16-17,20H2,1-2H3/b26-18-. The first-order valence-corrected chi connectivity index (χ1v) is 13.3. The zero-order valence-corrected chi connectivity index (χ0v) is 22.2. The van der Waals surface area contributed by atoms with E-state index in [4.69, 9.17) is 17.0 Å². The van der Waals surface area contributed by atoms with Crippen LogP contribution in [-0.2, 0) is 16.1 Å². The van der Waals surface area contributed by atoms with Crippen LogP contribution in [0.15, 0.2) is 60.4 Å². The fourth-order valence-corrected chi connectivity index (χ4v) is 5.36. The number of nitrogens with zero attached hydrogens (tertiary/aromatic N) is 4. The molecule has 7 nitrogen and oxygen atoms in total. The van der Waals surface area contributed by atoms with Crippen molar-refractivity contribution >= 4 is 51.8 Å². The monoisotopic (exact) mass is 516 g/mol. The average Bonchev–Trinajstić information content (AvgIpc) is 3.18. The lowest BCUT2D eigenvalue weighted by molar-refractivity contribution is -0.131. The summed E-state index contributed by atoms with van der Waals surface area (Å²) in [5, 5.41) is 1.41. The lowest BCUT2D eigenvalue weighted by atomic mass is 10.1. The molecule has 3 aromatic rings. The maximum atomic E-state index is 13.5. The van der Waals surface area contributed by atoms with Crippen molar-refractivity contribution in [3.63, 3.8) is 0 Å². The van der Waals surface area contributed by atoms with E-state index in [-0.39, 0.29) is 18.4 Å². The second-order valence-corrected chi connectivity index (χ2v) is 9.83. The largest absolute Gasteiger partial charge is 0.494 e. The summed E-state index contributed by atoms with van der Waals surface area (Å²) in [7, 11) is 1.81. The highest BCUT2D eigenvalue weighted by Gasteiger charge is 2.37. The van der Waals surface area contributed by atoms with Crippen LogP contribution >= 0.6 is 12.2 Å². The van der Waals surface area contributed by atoms with Crippen molar-refractivity contribution < 1.29 is 14.3 Å². The fraction of sp³-hybridized carbons (Fsp3) is 0.345. The maximum absolute atomic E-state index is 13.5. The van der Waals surface area contributed by atoms with Crippen LogP contribution in [0.4, 0.5) is 5.69 Å². The number of aromatic nitrogens is 1. The molecule has 192 valence electrons. The van der Waals surface area contributed by atoms with Gasteiger partial charge in [-0.05, 0) is 68.4 Å². The molecule has 8 heteroatoms. The van der Waals surface area contributed by atoms with Gasteiger partial charge in [0.25, 0.3) is 5.91 Å². The molecule has 2 aromatic carbocycles. The number of hydrogen-bond acceptors (Lipinski definition) is 4. The third-order valence-electron chi connectivity index (χ3n) is 7.04. The number of fused-ring (bicyclic) bond motifs is 1. The summed E-state index contributed by atoms with van der Waals surface area (Å²) in [5.41, 5.74) is 3.03. The van der Waals surface area contributed by atoms with Crippen molar-refractivity contribution in [1.29, 1.82) is 0 Å². The molecular weight excluding hydrogens is 484 g/mol. The molecule has 0 unspecified atom stereocenters. The van der Waals surface area contributed by atoms with E-state index in [1.54, 1.807) is 9.80 Å². The number of amides is 2. The molecule has 2 amide bonds. The molecule has 0 radical (unpaired) electrons. The Morgan fingerprint density at radius 3 is 2.43 bits per heavy atom. The van der Waals surface area contributed by atoms with E-state index in [9.17, 15) is 9.59 Å². The van der Waals surface area contributed by atoms with Gasteiger partial charge in [0.15, 0.2) is 5.11 Å². The number of carbonyl (C=O) groups excluding carboxylic acids is 2. The Balaban J connectivity index is 1.44. The van der Waals surface area contributed by atoms with Crippen LogP contribution in [0.25, 0.3) is 17.0 Å². The fourth-order valence-electron chi connectivity index (χ4n) is 5.08. The average molecular weight is 517 g/mol. The zero-order valence-electron chi connectivity index (χ0n) is 21.4. The van der Waals surface area contributed by atoms with E-state index < -0.39 is 0 Å². The number of hydrogen-bond donors (Lipinski definition) is 0. The number of para-hydroxylation sites is 1. The Hall–Kier alpha value is -3.65. The van der Waals surface area contributed by atoms with Crippen molar-refractivity contribution in [3.05, 3.63) is 66.0 Å². The number of likely N-dealkylation sites (N-methyl/N-ethyl adjacent to an activating group) is 1. The molecule has 0 atom stereocenters. The minimum atomic E-state index is -0.186. The first-order chi connectivity index (χ1) is 18.0. The van der Waals surface area contributed by atoms with E-state index >= 15 is 0 Å². The number of benzene rings is 2. The van der Waals surface area contributed by atoms with Gasteiger partial charge >= 0.3 is 0 Å². The van der Waals surface area contributed by atoms with E-state index in [1.807, 2.05) is 84.2 Å². The minimum absolute atomic E-state index is 0.138. The number of ether oxygens (including phenoxy) is 1. The molecule has 2 fully saturated rings. The van der Waals surface area contributed by atoms with Gasteiger partial charge in [-0.1, -0.05) is 31.0 Å². The predicted molar refractivity (Wildman–Crippen MR) is 150 cm³/mol. The normalized spacial score (nSPS) is 17.7. The summed E-state index contributed by atoms with van der Waals surface area (Å²) < 4.78 is 7.52. The number of likely N-dealkylation sites (tertiary alicyclic amines) is 1. The topological polar surface area (TPSA) is 58.0 Å². The van der Waals surface area contributed by atoms with Crippen molar-refractivity contribution in [3.8, 4) is 5.75 Å². The van der Waals surface area contributed by atoms with E-state index in [2.05, 4.69) is 0 Å². The Morgan fingerprint density at radius 2 is 1.73 bits per heavy atom. The summed E-state index contributed by atoms with van der Waals surface area (Å²) in [6.07, 6.45) is 8.34. The molecule has 0 saturated carbocycles. The number of rotatable bonds is 6. The molecule has 2 aliphatic rings. The van der Waals surface area contributed by atoms with Gasteiger partial charge in [0, 0.05) is 42.8 Å². The van der Waals surface area contributed by atoms with Crippen molar-refractivity contribution in [2.45, 2.75) is 39.2 Å². The van der Waals surface area contributed by atoms with Crippen LogP contribution in [0.5, 0.6) is 5.75 Å².